The van der Waals surface area contributed by atoms with Gasteiger partial charge < -0.3 is 10.1 Å². The summed E-state index contributed by atoms with van der Waals surface area (Å²) in [5.41, 5.74) is 0.498. The van der Waals surface area contributed by atoms with Gasteiger partial charge in [0.2, 0.25) is 10.0 Å². The lowest BCUT2D eigenvalue weighted by Gasteiger charge is -2.19. The van der Waals surface area contributed by atoms with E-state index in [9.17, 15) is 13.2 Å². The molecular formula is C16H26N2O4S. The maximum Gasteiger partial charge on any atom is 0.407 e. The molecule has 2 N–H and O–H groups in total. The molecule has 130 valence electrons. The summed E-state index contributed by atoms with van der Waals surface area (Å²) in [7, 11) is -3.58. The first-order valence-electron chi connectivity index (χ1n) is 7.58. The highest BCUT2D eigenvalue weighted by Gasteiger charge is 2.16. The van der Waals surface area contributed by atoms with Crippen molar-refractivity contribution >= 4 is 16.1 Å². The van der Waals surface area contributed by atoms with E-state index in [1.165, 1.54) is 0 Å². The zero-order valence-electron chi connectivity index (χ0n) is 14.3. The van der Waals surface area contributed by atoms with Crippen molar-refractivity contribution in [3.63, 3.8) is 0 Å². The molecule has 0 unspecified atom stereocenters. The Morgan fingerprint density at radius 3 is 2.17 bits per heavy atom. The van der Waals surface area contributed by atoms with Crippen molar-refractivity contribution in [3.8, 4) is 0 Å². The maximum atomic E-state index is 12.1. The molecule has 0 heterocycles. The lowest BCUT2D eigenvalue weighted by atomic mass is 10.0. The largest absolute Gasteiger partial charge is 0.444 e. The van der Waals surface area contributed by atoms with Crippen LogP contribution < -0.4 is 10.0 Å². The molecule has 1 aromatic rings. The molecule has 0 atom stereocenters. The Morgan fingerprint density at radius 2 is 1.70 bits per heavy atom. The Morgan fingerprint density at radius 1 is 1.13 bits per heavy atom. The molecule has 1 amide bonds. The highest BCUT2D eigenvalue weighted by atomic mass is 32.2. The van der Waals surface area contributed by atoms with Gasteiger partial charge in [-0.1, -0.05) is 26.0 Å². The smallest absolute Gasteiger partial charge is 0.407 e. The lowest BCUT2D eigenvalue weighted by Crippen LogP contribution is -2.37. The fraction of sp³-hybridized carbons (Fsp3) is 0.562. The average molecular weight is 342 g/mol. The molecule has 0 aromatic heterocycles. The molecule has 1 rings (SSSR count). The molecule has 0 radical (unpaired) electrons. The predicted molar refractivity (Wildman–Crippen MR) is 90.0 cm³/mol. The van der Waals surface area contributed by atoms with Crippen molar-refractivity contribution in [1.29, 1.82) is 0 Å². The SMILES string of the molecule is CC(C)c1ccc(S(=O)(=O)NCCNC(=O)OC(C)(C)C)cc1. The van der Waals surface area contributed by atoms with Gasteiger partial charge in [-0.3, -0.25) is 0 Å². The van der Waals surface area contributed by atoms with E-state index in [0.717, 1.165) is 5.56 Å². The van der Waals surface area contributed by atoms with Gasteiger partial charge in [0.1, 0.15) is 5.60 Å². The van der Waals surface area contributed by atoms with Crippen LogP contribution in [-0.4, -0.2) is 33.2 Å². The van der Waals surface area contributed by atoms with Gasteiger partial charge in [-0.25, -0.2) is 17.9 Å². The Kier molecular flexibility index (Phi) is 6.58. The number of carbonyl (C=O) groups excluding carboxylic acids is 1. The molecule has 0 bridgehead atoms. The maximum absolute atomic E-state index is 12.1. The molecule has 6 nitrogen and oxygen atoms in total. The fourth-order valence-electron chi connectivity index (χ4n) is 1.78. The second-order valence-corrected chi connectivity index (χ2v) is 8.32. The summed E-state index contributed by atoms with van der Waals surface area (Å²) in [5, 5.41) is 2.50. The van der Waals surface area contributed by atoms with E-state index in [1.54, 1.807) is 45.0 Å². The van der Waals surface area contributed by atoms with E-state index in [4.69, 9.17) is 4.74 Å². The first kappa shape index (κ1) is 19.4. The van der Waals surface area contributed by atoms with Crippen LogP contribution in [0.25, 0.3) is 0 Å². The van der Waals surface area contributed by atoms with Crippen LogP contribution in [0.15, 0.2) is 29.2 Å². The summed E-state index contributed by atoms with van der Waals surface area (Å²) in [6.45, 7) is 9.61. The number of sulfonamides is 1. The van der Waals surface area contributed by atoms with Crippen molar-refractivity contribution in [2.45, 2.75) is 51.0 Å². The standard InChI is InChI=1S/C16H26N2O4S/c1-12(2)13-6-8-14(9-7-13)23(20,21)18-11-10-17-15(19)22-16(3,4)5/h6-9,12,18H,10-11H2,1-5H3,(H,17,19). The molecule has 0 aliphatic carbocycles. The summed E-state index contributed by atoms with van der Waals surface area (Å²) in [4.78, 5) is 11.7. The predicted octanol–water partition coefficient (Wildman–Crippen LogP) is 2.61. The molecule has 1 aromatic carbocycles. The average Bonchev–Trinajstić information content (AvgIpc) is 2.42. The number of hydrogen-bond donors (Lipinski definition) is 2. The van der Waals surface area contributed by atoms with Gasteiger partial charge in [0.25, 0.3) is 0 Å². The van der Waals surface area contributed by atoms with E-state index in [2.05, 4.69) is 10.0 Å². The molecular weight excluding hydrogens is 316 g/mol. The van der Waals surface area contributed by atoms with E-state index in [1.807, 2.05) is 13.8 Å². The number of amides is 1. The monoisotopic (exact) mass is 342 g/mol. The lowest BCUT2D eigenvalue weighted by molar-refractivity contribution is 0.0529. The normalized spacial score (nSPS) is 12.3. The number of hydrogen-bond acceptors (Lipinski definition) is 4. The summed E-state index contributed by atoms with van der Waals surface area (Å²) < 4.78 is 31.8. The summed E-state index contributed by atoms with van der Waals surface area (Å²) in [5.74, 6) is 0.345. The quantitative estimate of drug-likeness (QED) is 0.778. The fourth-order valence-corrected chi connectivity index (χ4v) is 2.81. The topological polar surface area (TPSA) is 84.5 Å². The number of nitrogens with one attached hydrogen (secondary N) is 2. The minimum absolute atomic E-state index is 0.0908. The Labute approximate surface area is 138 Å². The molecule has 0 spiro atoms. The molecule has 0 fully saturated rings. The van der Waals surface area contributed by atoms with E-state index >= 15 is 0 Å². The zero-order valence-corrected chi connectivity index (χ0v) is 15.2. The first-order valence-corrected chi connectivity index (χ1v) is 9.06. The van der Waals surface area contributed by atoms with E-state index in [-0.39, 0.29) is 18.0 Å². The molecule has 23 heavy (non-hydrogen) atoms. The van der Waals surface area contributed by atoms with Gasteiger partial charge in [0, 0.05) is 13.1 Å². The second kappa shape index (κ2) is 7.79. The summed E-state index contributed by atoms with van der Waals surface area (Å²) in [6, 6.07) is 6.77. The van der Waals surface area contributed by atoms with Crippen LogP contribution >= 0.6 is 0 Å². The molecule has 0 aliphatic heterocycles. The van der Waals surface area contributed by atoms with Crippen LogP contribution in [0, 0.1) is 0 Å². The van der Waals surface area contributed by atoms with Crippen LogP contribution in [0.3, 0.4) is 0 Å². The molecule has 0 saturated heterocycles. The van der Waals surface area contributed by atoms with Crippen molar-refractivity contribution in [1.82, 2.24) is 10.0 Å². The number of carbonyl (C=O) groups is 1. The van der Waals surface area contributed by atoms with Crippen molar-refractivity contribution < 1.29 is 17.9 Å². The summed E-state index contributed by atoms with van der Waals surface area (Å²) >= 11 is 0. The van der Waals surface area contributed by atoms with Crippen LogP contribution in [0.5, 0.6) is 0 Å². The van der Waals surface area contributed by atoms with Gasteiger partial charge in [-0.2, -0.15) is 0 Å². The minimum atomic E-state index is -3.58. The number of alkyl carbamates (subject to hydrolysis) is 1. The van der Waals surface area contributed by atoms with E-state index < -0.39 is 21.7 Å². The number of benzene rings is 1. The number of ether oxygens (including phenoxy) is 1. The van der Waals surface area contributed by atoms with Gasteiger partial charge >= 0.3 is 6.09 Å². The van der Waals surface area contributed by atoms with E-state index in [0.29, 0.717) is 5.92 Å². The van der Waals surface area contributed by atoms with Gasteiger partial charge in [-0.05, 0) is 44.4 Å². The highest BCUT2D eigenvalue weighted by Crippen LogP contribution is 2.17. The van der Waals surface area contributed by atoms with Gasteiger partial charge in [0.05, 0.1) is 4.90 Å². The van der Waals surface area contributed by atoms with Gasteiger partial charge in [0.15, 0.2) is 0 Å². The molecule has 0 aliphatic rings. The van der Waals surface area contributed by atoms with Crippen LogP contribution in [-0.2, 0) is 14.8 Å². The minimum Gasteiger partial charge on any atom is -0.444 e. The zero-order chi connectivity index (χ0) is 17.7. The van der Waals surface area contributed by atoms with Crippen LogP contribution in [0.2, 0.25) is 0 Å². The second-order valence-electron chi connectivity index (χ2n) is 6.55. The third-order valence-corrected chi connectivity index (χ3v) is 4.42. The van der Waals surface area contributed by atoms with Crippen molar-refractivity contribution in [2.24, 2.45) is 0 Å². The first-order chi connectivity index (χ1) is 10.5. The van der Waals surface area contributed by atoms with Crippen LogP contribution in [0.4, 0.5) is 4.79 Å². The highest BCUT2D eigenvalue weighted by molar-refractivity contribution is 7.89. The third-order valence-electron chi connectivity index (χ3n) is 2.94. The Balaban J connectivity index is 2.48. The Hall–Kier alpha value is -1.60. The summed E-state index contributed by atoms with van der Waals surface area (Å²) in [6.07, 6.45) is -0.571. The third kappa shape index (κ3) is 7.00. The van der Waals surface area contributed by atoms with Crippen LogP contribution in [0.1, 0.15) is 46.1 Å². The Bertz CT molecular complexity index is 616. The van der Waals surface area contributed by atoms with Gasteiger partial charge in [-0.15, -0.1) is 0 Å². The number of rotatable bonds is 6. The van der Waals surface area contributed by atoms with Crippen molar-refractivity contribution in [2.75, 3.05) is 13.1 Å². The van der Waals surface area contributed by atoms with Crippen molar-refractivity contribution in [3.05, 3.63) is 29.8 Å². The molecule has 7 heteroatoms. The molecule has 0 saturated carbocycles.